The zero-order valence-electron chi connectivity index (χ0n) is 38.5. The van der Waals surface area contributed by atoms with Crippen LogP contribution in [0.2, 0.25) is 54.4 Å². The van der Waals surface area contributed by atoms with Crippen molar-refractivity contribution in [3.8, 4) is 0 Å². The predicted molar refractivity (Wildman–Crippen MR) is 227 cm³/mol. The van der Waals surface area contributed by atoms with Crippen molar-refractivity contribution in [3.05, 3.63) is 11.6 Å². The number of carbonyl (C=O) groups excluding carboxylic acids is 1. The van der Waals surface area contributed by atoms with Gasteiger partial charge in [0.1, 0.15) is 0 Å². The summed E-state index contributed by atoms with van der Waals surface area (Å²) in [5.74, 6) is -0.749. The maximum Gasteiger partial charge on any atom is 0.333 e. The van der Waals surface area contributed by atoms with Crippen LogP contribution in [0, 0.1) is 29.6 Å². The molecule has 9 atom stereocenters. The Morgan fingerprint density at radius 1 is 0.750 bits per heavy atom. The average Bonchev–Trinajstić information content (AvgIpc) is 2.96. The number of esters is 1. The van der Waals surface area contributed by atoms with Crippen LogP contribution >= 0.6 is 0 Å². The summed E-state index contributed by atoms with van der Waals surface area (Å²) in [7, 11) is -6.85. The van der Waals surface area contributed by atoms with Gasteiger partial charge in [-0.2, -0.15) is 0 Å². The third kappa shape index (κ3) is 12.8. The van der Waals surface area contributed by atoms with Gasteiger partial charge in [0.15, 0.2) is 30.7 Å². The Bertz CT molecular complexity index is 1180. The molecule has 0 aromatic heterocycles. The molecule has 10 heteroatoms. The number of hydrogen-bond acceptors (Lipinski definition) is 7. The monoisotopic (exact) mass is 787 g/mol. The van der Waals surface area contributed by atoms with Crippen molar-refractivity contribution >= 4 is 30.9 Å². The minimum absolute atomic E-state index is 0.00217. The van der Waals surface area contributed by atoms with Gasteiger partial charge in [-0.15, -0.1) is 0 Å². The first kappa shape index (κ1) is 49.7. The molecule has 0 aliphatic carbocycles. The van der Waals surface area contributed by atoms with E-state index in [0.717, 1.165) is 0 Å². The normalized spacial score (nSPS) is 24.0. The summed E-state index contributed by atoms with van der Waals surface area (Å²) in [4.78, 5) is 12.9. The third-order valence-corrected chi connectivity index (χ3v) is 26.5. The Kier molecular flexibility index (Phi) is 17.1. The molecule has 0 unspecified atom stereocenters. The number of rotatable bonds is 16. The van der Waals surface area contributed by atoms with Crippen LogP contribution in [-0.4, -0.2) is 74.3 Å². The van der Waals surface area contributed by atoms with Gasteiger partial charge >= 0.3 is 5.97 Å². The minimum atomic E-state index is -2.31. The predicted octanol–water partition coefficient (Wildman–Crippen LogP) is 12.0. The lowest BCUT2D eigenvalue weighted by atomic mass is 9.77. The highest BCUT2D eigenvalue weighted by Crippen LogP contribution is 2.47. The lowest BCUT2D eigenvalue weighted by molar-refractivity contribution is -0.304. The van der Waals surface area contributed by atoms with Gasteiger partial charge in [-0.1, -0.05) is 103 Å². The molecule has 1 aliphatic rings. The van der Waals surface area contributed by atoms with E-state index in [2.05, 4.69) is 142 Å². The van der Waals surface area contributed by atoms with Crippen molar-refractivity contribution in [1.82, 2.24) is 0 Å². The number of hydrogen-bond donors (Lipinski definition) is 0. The molecule has 1 aliphatic heterocycles. The second-order valence-electron chi connectivity index (χ2n) is 21.3. The van der Waals surface area contributed by atoms with E-state index in [1.54, 1.807) is 0 Å². The van der Waals surface area contributed by atoms with Crippen molar-refractivity contribution in [2.24, 2.45) is 29.6 Å². The van der Waals surface area contributed by atoms with Crippen LogP contribution in [0.5, 0.6) is 0 Å². The Balaban J connectivity index is 4.10. The molecule has 0 amide bonds. The molecule has 1 rings (SSSR count). The second-order valence-corrected chi connectivity index (χ2v) is 35.6. The van der Waals surface area contributed by atoms with Crippen LogP contribution in [0.15, 0.2) is 11.6 Å². The fraction of sp³-hybridized carbons (Fsp3) is 0.929. The van der Waals surface area contributed by atoms with E-state index in [1.165, 1.54) is 0 Å². The van der Waals surface area contributed by atoms with Crippen molar-refractivity contribution in [3.63, 3.8) is 0 Å². The van der Waals surface area contributed by atoms with Gasteiger partial charge in [-0.25, -0.2) is 4.79 Å². The summed E-state index contributed by atoms with van der Waals surface area (Å²) < 4.78 is 41.0. The third-order valence-electron chi connectivity index (χ3n) is 13.1. The van der Waals surface area contributed by atoms with Crippen LogP contribution in [0.1, 0.15) is 125 Å². The summed E-state index contributed by atoms with van der Waals surface area (Å²) in [6.07, 6.45) is 1.49. The van der Waals surface area contributed by atoms with E-state index in [4.69, 9.17) is 27.5 Å². The summed E-state index contributed by atoms with van der Waals surface area (Å²) in [5.41, 5.74) is 0.612. The molecule has 0 radical (unpaired) electrons. The molecule has 0 aromatic carbocycles. The molecule has 308 valence electrons. The summed E-state index contributed by atoms with van der Waals surface area (Å²) in [6.45, 7) is 55.0. The van der Waals surface area contributed by atoms with Gasteiger partial charge in [0.05, 0.1) is 37.6 Å². The smallest absolute Gasteiger partial charge is 0.333 e. The average molecular weight is 787 g/mol. The number of carbonyl (C=O) groups is 1. The Hall–Kier alpha value is -0.339. The van der Waals surface area contributed by atoms with Gasteiger partial charge < -0.3 is 27.5 Å². The van der Waals surface area contributed by atoms with Crippen LogP contribution in [0.4, 0.5) is 0 Å². The maximum absolute atomic E-state index is 12.9. The lowest BCUT2D eigenvalue weighted by Gasteiger charge is -2.52. The maximum atomic E-state index is 12.9. The standard InChI is InChI=1S/C42H86O7Si3/c1-25-44-38(43)29(3)26-28(2)35(47-50(19,20)39(8,9)10)32(6)37(49-52(23,24)41(14,15)16)33(7)36(48-51(21,22)40(11,12)13)31(5)34-30(4)27-45-42(17,18)46-34/h26,28,30-37H,25,27H2,1-24H3/b29-26+/t28-,30+,31+,32+,33+,34+,35-,36+,37+/m0/s1. The van der Waals surface area contributed by atoms with Gasteiger partial charge in [-0.05, 0) is 82.1 Å². The first-order chi connectivity index (χ1) is 23.0. The van der Waals surface area contributed by atoms with E-state index in [-0.39, 0.29) is 75.1 Å². The zero-order chi connectivity index (χ0) is 41.2. The van der Waals surface area contributed by atoms with E-state index in [9.17, 15) is 4.79 Å². The van der Waals surface area contributed by atoms with Crippen molar-refractivity contribution in [2.75, 3.05) is 13.2 Å². The summed E-state index contributed by atoms with van der Waals surface area (Å²) in [6, 6.07) is 0. The van der Waals surface area contributed by atoms with Crippen LogP contribution in [0.3, 0.4) is 0 Å². The molecule has 0 bridgehead atoms. The highest BCUT2D eigenvalue weighted by molar-refractivity contribution is 6.75. The Morgan fingerprint density at radius 3 is 1.54 bits per heavy atom. The van der Waals surface area contributed by atoms with E-state index >= 15 is 0 Å². The molecule has 0 aromatic rings. The quantitative estimate of drug-likeness (QED) is 0.0876. The topological polar surface area (TPSA) is 72.5 Å². The highest BCUT2D eigenvalue weighted by atomic mass is 28.4. The van der Waals surface area contributed by atoms with E-state index in [1.807, 2.05) is 27.7 Å². The first-order valence-electron chi connectivity index (χ1n) is 20.2. The molecular weight excluding hydrogens is 701 g/mol. The van der Waals surface area contributed by atoms with E-state index < -0.39 is 30.7 Å². The lowest BCUT2D eigenvalue weighted by Crippen LogP contribution is -2.58. The first-order valence-corrected chi connectivity index (χ1v) is 29.0. The van der Waals surface area contributed by atoms with Crippen molar-refractivity contribution in [1.29, 1.82) is 0 Å². The Morgan fingerprint density at radius 2 is 1.13 bits per heavy atom. The fourth-order valence-electron chi connectivity index (χ4n) is 6.52. The van der Waals surface area contributed by atoms with Crippen LogP contribution < -0.4 is 0 Å². The minimum Gasteiger partial charge on any atom is -0.463 e. The molecule has 7 nitrogen and oxygen atoms in total. The molecule has 1 saturated heterocycles. The summed E-state index contributed by atoms with van der Waals surface area (Å²) >= 11 is 0. The molecule has 52 heavy (non-hydrogen) atoms. The molecule has 1 heterocycles. The molecule has 0 spiro atoms. The Labute approximate surface area is 325 Å². The SMILES string of the molecule is CCOC(=O)/C(C)=C/[C@H](C)[C@H](O[Si](C)(C)C(C)(C)C)[C@@H](C)[C@@H](O[Si](C)(C)C(C)(C)C)[C@H](C)[C@H](O[Si](C)(C)C(C)(C)C)[C@H](C)[C@@H]1OC(C)(C)OC[C@H]1C. The molecule has 0 saturated carbocycles. The van der Waals surface area contributed by atoms with Crippen molar-refractivity contribution < 1.29 is 32.3 Å². The highest BCUT2D eigenvalue weighted by Gasteiger charge is 2.52. The van der Waals surface area contributed by atoms with Gasteiger partial charge in [0, 0.05) is 35.2 Å². The zero-order valence-corrected chi connectivity index (χ0v) is 41.5. The molecule has 0 N–H and O–H groups in total. The summed E-state index contributed by atoms with van der Waals surface area (Å²) in [5, 5.41) is 0.0134. The second kappa shape index (κ2) is 17.9. The van der Waals surface area contributed by atoms with Gasteiger partial charge in [-0.3, -0.25) is 0 Å². The molecular formula is C42H86O7Si3. The number of ether oxygens (including phenoxy) is 3. The van der Waals surface area contributed by atoms with E-state index in [0.29, 0.717) is 18.8 Å². The van der Waals surface area contributed by atoms with Gasteiger partial charge in [0.25, 0.3) is 0 Å². The molecule has 1 fully saturated rings. The van der Waals surface area contributed by atoms with Gasteiger partial charge in [0.2, 0.25) is 0 Å². The van der Waals surface area contributed by atoms with Crippen LogP contribution in [-0.2, 0) is 32.3 Å². The largest absolute Gasteiger partial charge is 0.463 e. The van der Waals surface area contributed by atoms with Crippen molar-refractivity contribution in [2.45, 2.75) is 209 Å². The fourth-order valence-corrected chi connectivity index (χ4v) is 10.9. The van der Waals surface area contributed by atoms with Crippen LogP contribution in [0.25, 0.3) is 0 Å².